The number of ether oxygens (including phenoxy) is 2. The summed E-state index contributed by atoms with van der Waals surface area (Å²) in [6.07, 6.45) is 1.10. The van der Waals surface area contributed by atoms with Crippen molar-refractivity contribution in [2.24, 2.45) is 11.8 Å². The van der Waals surface area contributed by atoms with Gasteiger partial charge < -0.3 is 9.47 Å². The van der Waals surface area contributed by atoms with Crippen molar-refractivity contribution >= 4 is 33.7 Å². The number of benzene rings is 2. The van der Waals surface area contributed by atoms with Crippen LogP contribution in [0.2, 0.25) is 0 Å². The lowest BCUT2D eigenvalue weighted by molar-refractivity contribution is -0.0232. The van der Waals surface area contributed by atoms with Gasteiger partial charge in [-0.1, -0.05) is 42.8 Å². The molecular weight excluding hydrogens is 456 g/mol. The summed E-state index contributed by atoms with van der Waals surface area (Å²) >= 11 is 5.51. The molecule has 2 aromatic rings. The standard InChI is InChI=1S/C23H25ClO7S/c24-16-32(27,28)31-21-13-7-12-19(14-29-22(25)17-8-3-1-4-9-17)20(21)15-30-23(26)18-10-5-2-6-11-18/h1-6,8-11,19-21H,7,12-16H2. The van der Waals surface area contributed by atoms with E-state index in [2.05, 4.69) is 0 Å². The molecule has 1 saturated carbocycles. The Hall–Kier alpha value is -2.42. The Bertz CT molecular complexity index is 996. The summed E-state index contributed by atoms with van der Waals surface area (Å²) in [5.74, 6) is -1.70. The highest BCUT2D eigenvalue weighted by atomic mass is 35.5. The van der Waals surface area contributed by atoms with E-state index < -0.39 is 39.3 Å². The number of carbonyl (C=O) groups excluding carboxylic acids is 2. The SMILES string of the molecule is O=C(OCC1CCCC(OS(=O)(=O)CCl)C1COC(=O)c1ccccc1)c1ccccc1. The minimum atomic E-state index is -3.92. The van der Waals surface area contributed by atoms with Crippen LogP contribution in [0.5, 0.6) is 0 Å². The highest BCUT2D eigenvalue weighted by Crippen LogP contribution is 2.34. The van der Waals surface area contributed by atoms with Crippen LogP contribution in [0.3, 0.4) is 0 Å². The number of hydrogen-bond donors (Lipinski definition) is 0. The Morgan fingerprint density at radius 3 is 1.91 bits per heavy atom. The smallest absolute Gasteiger partial charge is 0.338 e. The molecule has 0 heterocycles. The van der Waals surface area contributed by atoms with Crippen LogP contribution in [-0.4, -0.2) is 44.9 Å². The van der Waals surface area contributed by atoms with E-state index in [1.54, 1.807) is 60.7 Å². The van der Waals surface area contributed by atoms with Gasteiger partial charge in [-0.15, -0.1) is 11.6 Å². The van der Waals surface area contributed by atoms with Gasteiger partial charge in [0.25, 0.3) is 10.1 Å². The van der Waals surface area contributed by atoms with E-state index in [9.17, 15) is 18.0 Å². The molecule has 3 rings (SSSR count). The Morgan fingerprint density at radius 2 is 1.38 bits per heavy atom. The molecule has 172 valence electrons. The molecule has 0 aliphatic heterocycles. The Kier molecular flexibility index (Phi) is 8.67. The van der Waals surface area contributed by atoms with Crippen molar-refractivity contribution in [1.29, 1.82) is 0 Å². The van der Waals surface area contributed by atoms with Crippen molar-refractivity contribution in [2.75, 3.05) is 18.4 Å². The first-order chi connectivity index (χ1) is 15.4. The Balaban J connectivity index is 1.70. The molecule has 32 heavy (non-hydrogen) atoms. The van der Waals surface area contributed by atoms with Crippen LogP contribution in [0, 0.1) is 11.8 Å². The second-order valence-electron chi connectivity index (χ2n) is 7.59. The van der Waals surface area contributed by atoms with Crippen LogP contribution in [0.1, 0.15) is 40.0 Å². The van der Waals surface area contributed by atoms with Crippen LogP contribution in [0.4, 0.5) is 0 Å². The summed E-state index contributed by atoms with van der Waals surface area (Å²) in [4.78, 5) is 24.8. The van der Waals surface area contributed by atoms with E-state index in [0.29, 0.717) is 30.4 Å². The highest BCUT2D eigenvalue weighted by Gasteiger charge is 2.38. The molecule has 7 nitrogen and oxygen atoms in total. The Labute approximate surface area is 192 Å². The average molecular weight is 481 g/mol. The van der Waals surface area contributed by atoms with E-state index in [1.807, 2.05) is 0 Å². The van der Waals surface area contributed by atoms with Crippen LogP contribution in [-0.2, 0) is 23.8 Å². The molecule has 0 aromatic heterocycles. The summed E-state index contributed by atoms with van der Waals surface area (Å²) in [5, 5.41) is -0.673. The van der Waals surface area contributed by atoms with Crippen LogP contribution < -0.4 is 0 Å². The van der Waals surface area contributed by atoms with Gasteiger partial charge in [0, 0.05) is 11.8 Å². The van der Waals surface area contributed by atoms with E-state index in [1.165, 1.54) is 0 Å². The number of alkyl halides is 1. The molecule has 0 saturated heterocycles. The highest BCUT2D eigenvalue weighted by molar-refractivity contribution is 7.87. The molecule has 1 aliphatic carbocycles. The van der Waals surface area contributed by atoms with Crippen molar-refractivity contribution in [3.05, 3.63) is 71.8 Å². The quantitative estimate of drug-likeness (QED) is 0.303. The van der Waals surface area contributed by atoms with E-state index in [4.69, 9.17) is 25.3 Å². The van der Waals surface area contributed by atoms with Crippen LogP contribution in [0.25, 0.3) is 0 Å². The third kappa shape index (κ3) is 6.79. The molecule has 1 fully saturated rings. The molecule has 0 amide bonds. The minimum absolute atomic E-state index is 0.0576. The lowest BCUT2D eigenvalue weighted by atomic mass is 9.78. The van der Waals surface area contributed by atoms with Gasteiger partial charge >= 0.3 is 11.9 Å². The molecule has 0 spiro atoms. The van der Waals surface area contributed by atoms with Gasteiger partial charge in [-0.25, -0.2) is 9.59 Å². The number of halogens is 1. The first-order valence-corrected chi connectivity index (χ1v) is 12.4. The van der Waals surface area contributed by atoms with Crippen LogP contribution >= 0.6 is 11.6 Å². The minimum Gasteiger partial charge on any atom is -0.462 e. The number of hydrogen-bond acceptors (Lipinski definition) is 7. The predicted octanol–water partition coefficient (Wildman–Crippen LogP) is 4.03. The van der Waals surface area contributed by atoms with Gasteiger partial charge in [0.15, 0.2) is 0 Å². The monoisotopic (exact) mass is 480 g/mol. The summed E-state index contributed by atoms with van der Waals surface area (Å²) in [5.41, 5.74) is 0.814. The summed E-state index contributed by atoms with van der Waals surface area (Å²) in [7, 11) is -3.92. The van der Waals surface area contributed by atoms with Gasteiger partial charge in [-0.2, -0.15) is 8.42 Å². The molecular formula is C23H25ClO7S. The fourth-order valence-electron chi connectivity index (χ4n) is 3.77. The normalized spacial score (nSPS) is 21.0. The zero-order valence-corrected chi connectivity index (χ0v) is 19.0. The fraction of sp³-hybridized carbons (Fsp3) is 0.391. The summed E-state index contributed by atoms with van der Waals surface area (Å²) < 4.78 is 40.2. The average Bonchev–Trinajstić information content (AvgIpc) is 2.82. The number of carbonyl (C=O) groups is 2. The largest absolute Gasteiger partial charge is 0.462 e. The third-order valence-corrected chi connectivity index (χ3v) is 7.01. The van der Waals surface area contributed by atoms with E-state index in [0.717, 1.165) is 0 Å². The molecule has 0 bridgehead atoms. The van der Waals surface area contributed by atoms with Crippen molar-refractivity contribution in [3.63, 3.8) is 0 Å². The second kappa shape index (κ2) is 11.4. The summed E-state index contributed by atoms with van der Waals surface area (Å²) in [6.45, 7) is -0.00812. The van der Waals surface area contributed by atoms with Gasteiger partial charge in [0.05, 0.1) is 30.4 Å². The maximum Gasteiger partial charge on any atom is 0.338 e. The Morgan fingerprint density at radius 1 is 0.844 bits per heavy atom. The zero-order chi connectivity index (χ0) is 23.0. The van der Waals surface area contributed by atoms with Gasteiger partial charge in [0.2, 0.25) is 0 Å². The second-order valence-corrected chi connectivity index (χ2v) is 9.77. The molecule has 9 heteroatoms. The maximum absolute atomic E-state index is 12.4. The predicted molar refractivity (Wildman–Crippen MR) is 119 cm³/mol. The van der Waals surface area contributed by atoms with Crippen molar-refractivity contribution in [2.45, 2.75) is 25.4 Å². The van der Waals surface area contributed by atoms with Gasteiger partial charge in [-0.3, -0.25) is 4.18 Å². The lowest BCUT2D eigenvalue weighted by Crippen LogP contribution is -2.41. The van der Waals surface area contributed by atoms with E-state index >= 15 is 0 Å². The zero-order valence-electron chi connectivity index (χ0n) is 17.4. The topological polar surface area (TPSA) is 96.0 Å². The number of rotatable bonds is 9. The van der Waals surface area contributed by atoms with Crippen LogP contribution in [0.15, 0.2) is 60.7 Å². The lowest BCUT2D eigenvalue weighted by Gasteiger charge is -2.36. The first kappa shape index (κ1) is 24.2. The molecule has 0 N–H and O–H groups in total. The number of esters is 2. The summed E-state index contributed by atoms with van der Waals surface area (Å²) in [6, 6.07) is 17.1. The molecule has 3 unspecified atom stereocenters. The molecule has 3 atom stereocenters. The van der Waals surface area contributed by atoms with Crippen molar-refractivity contribution in [3.8, 4) is 0 Å². The molecule has 1 aliphatic rings. The molecule has 2 aromatic carbocycles. The van der Waals surface area contributed by atoms with Crippen molar-refractivity contribution in [1.82, 2.24) is 0 Å². The van der Waals surface area contributed by atoms with E-state index in [-0.39, 0.29) is 19.1 Å². The maximum atomic E-state index is 12.4. The fourth-order valence-corrected chi connectivity index (χ4v) is 4.59. The van der Waals surface area contributed by atoms with Gasteiger partial charge in [-0.05, 0) is 37.1 Å². The van der Waals surface area contributed by atoms with Gasteiger partial charge in [0.1, 0.15) is 5.21 Å². The first-order valence-electron chi connectivity index (χ1n) is 10.3. The third-order valence-electron chi connectivity index (χ3n) is 5.40. The van der Waals surface area contributed by atoms with Crippen molar-refractivity contribution < 1.29 is 31.7 Å². The molecule has 0 radical (unpaired) electrons.